The number of likely N-dealkylation sites (N-methyl/N-ethyl adjacent to an activating group) is 1. The summed E-state index contributed by atoms with van der Waals surface area (Å²) in [5.74, 6) is 0.454. The highest BCUT2D eigenvalue weighted by Gasteiger charge is 2.28. The van der Waals surface area contributed by atoms with Crippen molar-refractivity contribution in [2.75, 3.05) is 42.7 Å². The van der Waals surface area contributed by atoms with Crippen molar-refractivity contribution < 1.29 is 14.7 Å². The molecule has 2 amide bonds. The first kappa shape index (κ1) is 25.4. The SMILES string of the molecule is CSc1ncc2c(n1)N(C)CCN(c1cccc(-n3cc(CN(CC(C)(C)C)C(=O)O)nn3)c1)C2=O. The largest absolute Gasteiger partial charge is 0.465 e. The van der Waals surface area contributed by atoms with Gasteiger partial charge in [0.2, 0.25) is 0 Å². The number of carbonyl (C=O) groups excluding carboxylic acids is 1. The predicted octanol–water partition coefficient (Wildman–Crippen LogP) is 3.40. The predicted molar refractivity (Wildman–Crippen MR) is 138 cm³/mol. The first-order chi connectivity index (χ1) is 17.1. The second-order valence-corrected chi connectivity index (χ2v) is 10.6. The van der Waals surface area contributed by atoms with Crippen molar-refractivity contribution >= 4 is 35.3 Å². The van der Waals surface area contributed by atoms with Crippen LogP contribution in [0.25, 0.3) is 5.69 Å². The summed E-state index contributed by atoms with van der Waals surface area (Å²) in [7, 11) is 1.92. The molecule has 0 atom stereocenters. The summed E-state index contributed by atoms with van der Waals surface area (Å²) >= 11 is 1.43. The molecule has 3 aromatic rings. The number of benzene rings is 1. The zero-order chi connectivity index (χ0) is 26.0. The number of nitrogens with zero attached hydrogens (tertiary/aromatic N) is 8. The second-order valence-electron chi connectivity index (χ2n) is 9.85. The zero-order valence-electron chi connectivity index (χ0n) is 21.0. The van der Waals surface area contributed by atoms with E-state index in [1.807, 2.05) is 63.2 Å². The van der Waals surface area contributed by atoms with Crippen molar-refractivity contribution in [3.8, 4) is 5.69 Å². The lowest BCUT2D eigenvalue weighted by atomic mass is 9.96. The number of aromatic nitrogens is 5. The molecular formula is C24H30N8O3S. The highest BCUT2D eigenvalue weighted by Crippen LogP contribution is 2.28. The normalized spacial score (nSPS) is 14.0. The highest BCUT2D eigenvalue weighted by molar-refractivity contribution is 7.98. The van der Waals surface area contributed by atoms with Crippen LogP contribution in [0.2, 0.25) is 0 Å². The van der Waals surface area contributed by atoms with Crippen LogP contribution in [0.5, 0.6) is 0 Å². The number of carboxylic acid groups (broad SMARTS) is 1. The maximum atomic E-state index is 13.4. The summed E-state index contributed by atoms with van der Waals surface area (Å²) in [4.78, 5) is 39.0. The summed E-state index contributed by atoms with van der Waals surface area (Å²) in [6, 6.07) is 7.45. The molecule has 0 bridgehead atoms. The van der Waals surface area contributed by atoms with Crippen LogP contribution in [0.4, 0.5) is 16.3 Å². The molecule has 1 aliphatic rings. The van der Waals surface area contributed by atoms with Crippen LogP contribution in [0, 0.1) is 5.41 Å². The maximum Gasteiger partial charge on any atom is 0.407 e. The van der Waals surface area contributed by atoms with Crippen molar-refractivity contribution in [3.63, 3.8) is 0 Å². The Bertz CT molecular complexity index is 1270. The summed E-state index contributed by atoms with van der Waals surface area (Å²) in [5.41, 5.74) is 2.23. The summed E-state index contributed by atoms with van der Waals surface area (Å²) in [6.07, 6.45) is 4.20. The van der Waals surface area contributed by atoms with E-state index in [2.05, 4.69) is 20.3 Å². The molecule has 1 aliphatic heterocycles. The number of hydrogen-bond acceptors (Lipinski definition) is 8. The van der Waals surface area contributed by atoms with Crippen LogP contribution in [-0.4, -0.2) is 79.9 Å². The topological polar surface area (TPSA) is 121 Å². The summed E-state index contributed by atoms with van der Waals surface area (Å²) in [6.45, 7) is 7.56. The number of amides is 2. The van der Waals surface area contributed by atoms with Crippen molar-refractivity contribution in [2.45, 2.75) is 32.5 Å². The Labute approximate surface area is 214 Å². The van der Waals surface area contributed by atoms with E-state index in [9.17, 15) is 14.7 Å². The first-order valence-electron chi connectivity index (χ1n) is 11.5. The van der Waals surface area contributed by atoms with Gasteiger partial charge in [0.05, 0.1) is 18.4 Å². The van der Waals surface area contributed by atoms with Gasteiger partial charge in [-0.1, -0.05) is 43.8 Å². The minimum absolute atomic E-state index is 0.137. The van der Waals surface area contributed by atoms with Gasteiger partial charge < -0.3 is 19.8 Å². The van der Waals surface area contributed by atoms with Gasteiger partial charge in [0.1, 0.15) is 17.1 Å². The molecule has 190 valence electrons. The molecule has 2 aromatic heterocycles. The van der Waals surface area contributed by atoms with Gasteiger partial charge >= 0.3 is 6.09 Å². The van der Waals surface area contributed by atoms with Crippen molar-refractivity contribution in [1.29, 1.82) is 0 Å². The minimum Gasteiger partial charge on any atom is -0.465 e. The van der Waals surface area contributed by atoms with E-state index in [0.717, 1.165) is 0 Å². The third kappa shape index (κ3) is 5.59. The van der Waals surface area contributed by atoms with Gasteiger partial charge in [-0.2, -0.15) is 0 Å². The number of hydrogen-bond donors (Lipinski definition) is 1. The Morgan fingerprint density at radius 1 is 1.22 bits per heavy atom. The first-order valence-corrected chi connectivity index (χ1v) is 12.7. The van der Waals surface area contributed by atoms with Gasteiger partial charge in [0.25, 0.3) is 5.91 Å². The molecule has 12 heteroatoms. The smallest absolute Gasteiger partial charge is 0.407 e. The van der Waals surface area contributed by atoms with Crippen LogP contribution < -0.4 is 9.80 Å². The van der Waals surface area contributed by atoms with Crippen LogP contribution in [-0.2, 0) is 6.54 Å². The van der Waals surface area contributed by atoms with E-state index >= 15 is 0 Å². The second kappa shape index (κ2) is 10.1. The molecule has 4 rings (SSSR count). The Morgan fingerprint density at radius 2 is 1.97 bits per heavy atom. The van der Waals surface area contributed by atoms with Crippen LogP contribution in [0.1, 0.15) is 36.8 Å². The lowest BCUT2D eigenvalue weighted by molar-refractivity contribution is 0.0989. The minimum atomic E-state index is -1.000. The lowest BCUT2D eigenvalue weighted by Crippen LogP contribution is -2.36. The van der Waals surface area contributed by atoms with Gasteiger partial charge in [0, 0.05) is 38.6 Å². The van der Waals surface area contributed by atoms with Crippen LogP contribution >= 0.6 is 11.8 Å². The number of thioether (sulfide) groups is 1. The van der Waals surface area contributed by atoms with E-state index in [-0.39, 0.29) is 17.9 Å². The fourth-order valence-electron chi connectivity index (χ4n) is 4.01. The number of anilines is 2. The van der Waals surface area contributed by atoms with E-state index in [1.54, 1.807) is 22.0 Å². The number of fused-ring (bicyclic) bond motifs is 1. The highest BCUT2D eigenvalue weighted by atomic mass is 32.2. The van der Waals surface area contributed by atoms with Crippen molar-refractivity contribution in [2.24, 2.45) is 5.41 Å². The van der Waals surface area contributed by atoms with Gasteiger partial charge in [-0.15, -0.1) is 5.10 Å². The third-order valence-corrected chi connectivity index (χ3v) is 6.22. The molecule has 3 heterocycles. The molecule has 0 aliphatic carbocycles. The quantitative estimate of drug-likeness (QED) is 0.393. The molecule has 0 radical (unpaired) electrons. The molecule has 1 aromatic carbocycles. The molecular weight excluding hydrogens is 480 g/mol. The maximum absolute atomic E-state index is 13.4. The Morgan fingerprint density at radius 3 is 2.67 bits per heavy atom. The molecule has 0 fully saturated rings. The molecule has 11 nitrogen and oxygen atoms in total. The third-order valence-electron chi connectivity index (χ3n) is 5.66. The number of rotatable bonds is 6. The van der Waals surface area contributed by atoms with Crippen molar-refractivity contribution in [3.05, 3.63) is 47.9 Å². The Balaban J connectivity index is 1.58. The van der Waals surface area contributed by atoms with Gasteiger partial charge in [-0.3, -0.25) is 4.79 Å². The van der Waals surface area contributed by atoms with Crippen molar-refractivity contribution in [1.82, 2.24) is 29.9 Å². The van der Waals surface area contributed by atoms with Crippen LogP contribution in [0.15, 0.2) is 41.8 Å². The monoisotopic (exact) mass is 510 g/mol. The van der Waals surface area contributed by atoms with Gasteiger partial charge in [-0.25, -0.2) is 19.4 Å². The van der Waals surface area contributed by atoms with E-state index in [1.165, 1.54) is 16.7 Å². The van der Waals surface area contributed by atoms with Gasteiger partial charge in [-0.05, 0) is 29.9 Å². The fourth-order valence-corrected chi connectivity index (χ4v) is 4.34. The van der Waals surface area contributed by atoms with E-state index < -0.39 is 6.09 Å². The zero-order valence-corrected chi connectivity index (χ0v) is 21.9. The molecule has 0 saturated heterocycles. The van der Waals surface area contributed by atoms with Crippen LogP contribution in [0.3, 0.4) is 0 Å². The standard InChI is InChI=1S/C24H30N8O3S/c1-24(2,3)15-30(23(34)35)13-16-14-32(28-27-16)18-8-6-7-17(11-18)31-10-9-29(4)20-19(21(31)33)12-25-22(26-20)36-5/h6-8,11-12,14H,9-10,13,15H2,1-5H3,(H,34,35). The lowest BCUT2D eigenvalue weighted by Gasteiger charge is -2.26. The fraction of sp³-hybridized carbons (Fsp3) is 0.417. The average Bonchev–Trinajstić information content (AvgIpc) is 3.26. The molecule has 1 N–H and O–H groups in total. The Kier molecular flexibility index (Phi) is 7.16. The van der Waals surface area contributed by atoms with Gasteiger partial charge in [0.15, 0.2) is 5.16 Å². The average molecular weight is 511 g/mol. The number of carbonyl (C=O) groups is 2. The van der Waals surface area contributed by atoms with E-state index in [4.69, 9.17) is 0 Å². The molecule has 0 spiro atoms. The van der Waals surface area contributed by atoms with E-state index in [0.29, 0.717) is 53.2 Å². The molecule has 36 heavy (non-hydrogen) atoms. The molecule has 0 unspecified atom stereocenters. The Hall–Kier alpha value is -3.67. The summed E-state index contributed by atoms with van der Waals surface area (Å²) in [5, 5.41) is 18.6. The molecule has 0 saturated carbocycles. The summed E-state index contributed by atoms with van der Waals surface area (Å²) < 4.78 is 1.59.